The van der Waals surface area contributed by atoms with E-state index in [9.17, 15) is 19.8 Å². The number of aliphatic hydroxyl groups excluding tert-OH is 2. The van der Waals surface area contributed by atoms with Crippen LogP contribution in [0.2, 0.25) is 0 Å². The Labute approximate surface area is 400 Å². The number of aliphatic hydroxyl groups is 2. The Morgan fingerprint density at radius 3 is 0.953 bits per heavy atom. The Balaban J connectivity index is 3.44. The van der Waals surface area contributed by atoms with Crippen LogP contribution >= 0.6 is 0 Å². The van der Waals surface area contributed by atoms with E-state index < -0.39 is 12.1 Å². The van der Waals surface area contributed by atoms with Gasteiger partial charge in [-0.05, 0) is 25.7 Å². The lowest BCUT2D eigenvalue weighted by Gasteiger charge is -2.22. The normalized spacial score (nSPS) is 12.5. The average molecular weight is 907 g/mol. The molecule has 0 aromatic rings. The minimum atomic E-state index is -0.676. The van der Waals surface area contributed by atoms with E-state index in [-0.39, 0.29) is 18.5 Å². The third-order valence-electron chi connectivity index (χ3n) is 13.9. The topological polar surface area (TPSA) is 95.9 Å². The molecule has 0 spiro atoms. The first-order valence-electron chi connectivity index (χ1n) is 29.3. The maximum absolute atomic E-state index is 12.5. The molecule has 0 radical (unpaired) electrons. The average Bonchev–Trinajstić information content (AvgIpc) is 3.29. The van der Waals surface area contributed by atoms with Crippen LogP contribution in [0.5, 0.6) is 0 Å². The van der Waals surface area contributed by atoms with Crippen molar-refractivity contribution in [2.24, 2.45) is 0 Å². The highest BCUT2D eigenvalue weighted by Gasteiger charge is 2.20. The van der Waals surface area contributed by atoms with Gasteiger partial charge in [-0.2, -0.15) is 0 Å². The van der Waals surface area contributed by atoms with Gasteiger partial charge in [-0.3, -0.25) is 9.59 Å². The molecule has 0 heterocycles. The molecule has 64 heavy (non-hydrogen) atoms. The molecule has 0 saturated heterocycles. The first-order chi connectivity index (χ1) is 31.5. The van der Waals surface area contributed by atoms with Gasteiger partial charge in [-0.15, -0.1) is 0 Å². The Morgan fingerprint density at radius 2 is 0.641 bits per heavy atom. The van der Waals surface area contributed by atoms with Crippen LogP contribution in [-0.2, 0) is 14.3 Å². The molecule has 2 unspecified atom stereocenters. The van der Waals surface area contributed by atoms with Crippen LogP contribution < -0.4 is 5.32 Å². The summed E-state index contributed by atoms with van der Waals surface area (Å²) in [6, 6.07) is -0.555. The minimum absolute atomic E-state index is 0.00984. The van der Waals surface area contributed by atoms with Crippen molar-refractivity contribution in [2.75, 3.05) is 13.2 Å². The maximum Gasteiger partial charge on any atom is 0.305 e. The van der Waals surface area contributed by atoms with Crippen LogP contribution in [-0.4, -0.2) is 47.4 Å². The fraction of sp³-hybridized carbons (Fsp3) is 0.966. The molecule has 0 bridgehead atoms. The lowest BCUT2D eigenvalue weighted by atomic mass is 10.0. The summed E-state index contributed by atoms with van der Waals surface area (Å²) < 4.78 is 5.47. The molecule has 0 fully saturated rings. The number of rotatable bonds is 55. The molecule has 382 valence electrons. The van der Waals surface area contributed by atoms with Gasteiger partial charge < -0.3 is 20.3 Å². The molecular weight excluding hydrogens is 791 g/mol. The summed E-state index contributed by atoms with van der Waals surface area (Å²) in [6.45, 7) is 4.94. The van der Waals surface area contributed by atoms with Crippen LogP contribution in [0.15, 0.2) is 0 Å². The van der Waals surface area contributed by atoms with E-state index >= 15 is 0 Å². The number of carbonyl (C=O) groups excluding carboxylic acids is 2. The fourth-order valence-corrected chi connectivity index (χ4v) is 9.41. The molecule has 0 aliphatic heterocycles. The predicted octanol–water partition coefficient (Wildman–Crippen LogP) is 17.9. The van der Waals surface area contributed by atoms with Crippen LogP contribution in [0.4, 0.5) is 0 Å². The van der Waals surface area contributed by atoms with E-state index in [1.165, 1.54) is 244 Å². The first kappa shape index (κ1) is 62.9. The number of unbranched alkanes of at least 4 members (excludes halogenated alkanes) is 44. The van der Waals surface area contributed by atoms with Crippen molar-refractivity contribution >= 4 is 11.9 Å². The van der Waals surface area contributed by atoms with E-state index in [2.05, 4.69) is 19.2 Å². The van der Waals surface area contributed by atoms with Crippen molar-refractivity contribution in [3.63, 3.8) is 0 Å². The van der Waals surface area contributed by atoms with Gasteiger partial charge in [0.05, 0.1) is 25.4 Å². The van der Waals surface area contributed by atoms with Crippen LogP contribution in [0.25, 0.3) is 0 Å². The van der Waals surface area contributed by atoms with Gasteiger partial charge in [0, 0.05) is 12.8 Å². The maximum atomic E-state index is 12.5. The zero-order valence-electron chi connectivity index (χ0n) is 43.5. The highest BCUT2D eigenvalue weighted by Crippen LogP contribution is 2.18. The van der Waals surface area contributed by atoms with Crippen molar-refractivity contribution < 1.29 is 24.5 Å². The monoisotopic (exact) mass is 906 g/mol. The fourth-order valence-electron chi connectivity index (χ4n) is 9.41. The van der Waals surface area contributed by atoms with Gasteiger partial charge in [0.1, 0.15) is 0 Å². The summed E-state index contributed by atoms with van der Waals surface area (Å²) in [5.41, 5.74) is 0. The number of carbonyl (C=O) groups is 2. The molecule has 0 aliphatic rings. The molecule has 0 aliphatic carbocycles. The molecule has 0 aromatic carbocycles. The Kier molecular flexibility index (Phi) is 53.5. The van der Waals surface area contributed by atoms with Gasteiger partial charge in [-0.25, -0.2) is 0 Å². The number of amides is 1. The molecule has 2 atom stereocenters. The Morgan fingerprint density at radius 1 is 0.375 bits per heavy atom. The van der Waals surface area contributed by atoms with Crippen molar-refractivity contribution in [1.29, 1.82) is 0 Å². The van der Waals surface area contributed by atoms with Crippen molar-refractivity contribution in [3.8, 4) is 0 Å². The Bertz CT molecular complexity index is 913. The lowest BCUT2D eigenvalue weighted by Crippen LogP contribution is -2.45. The van der Waals surface area contributed by atoms with E-state index in [0.717, 1.165) is 57.8 Å². The lowest BCUT2D eigenvalue weighted by molar-refractivity contribution is -0.143. The summed E-state index contributed by atoms with van der Waals surface area (Å²) in [5, 5.41) is 23.3. The molecule has 0 saturated carbocycles. The van der Waals surface area contributed by atoms with Crippen molar-refractivity contribution in [3.05, 3.63) is 0 Å². The third-order valence-corrected chi connectivity index (χ3v) is 13.9. The smallest absolute Gasteiger partial charge is 0.305 e. The van der Waals surface area contributed by atoms with Gasteiger partial charge in [0.2, 0.25) is 5.91 Å². The van der Waals surface area contributed by atoms with Gasteiger partial charge in [0.25, 0.3) is 0 Å². The number of hydrogen-bond donors (Lipinski definition) is 3. The summed E-state index contributed by atoms with van der Waals surface area (Å²) in [5.74, 6) is -0.0589. The van der Waals surface area contributed by atoms with E-state index in [1.54, 1.807) is 0 Å². The summed E-state index contributed by atoms with van der Waals surface area (Å²) in [7, 11) is 0. The highest BCUT2D eigenvalue weighted by molar-refractivity contribution is 5.76. The van der Waals surface area contributed by atoms with Crippen LogP contribution in [0.3, 0.4) is 0 Å². The van der Waals surface area contributed by atoms with E-state index in [1.807, 2.05) is 0 Å². The van der Waals surface area contributed by atoms with E-state index in [0.29, 0.717) is 25.9 Å². The number of nitrogens with one attached hydrogen (secondary N) is 1. The second kappa shape index (κ2) is 54.5. The van der Waals surface area contributed by atoms with Crippen molar-refractivity contribution in [2.45, 2.75) is 347 Å². The summed E-state index contributed by atoms with van der Waals surface area (Å²) in [6.07, 6.45) is 62.3. The standard InChI is InChI=1S/C58H115NO5/c1-3-5-7-9-11-13-15-17-19-20-21-22-23-24-25-26-27-30-34-38-42-46-50-56(61)55(54-60)59-57(62)51-47-43-39-35-31-29-33-37-41-45-49-53-64-58(63)52-48-44-40-36-32-28-18-16-14-12-10-8-6-4-2/h55-56,60-61H,3-54H2,1-2H3,(H,59,62). The van der Waals surface area contributed by atoms with E-state index in [4.69, 9.17) is 4.74 Å². The van der Waals surface area contributed by atoms with Crippen LogP contribution in [0.1, 0.15) is 335 Å². The molecule has 6 heteroatoms. The minimum Gasteiger partial charge on any atom is -0.466 e. The number of ether oxygens (including phenoxy) is 1. The van der Waals surface area contributed by atoms with Gasteiger partial charge >= 0.3 is 5.97 Å². The quantitative estimate of drug-likeness (QED) is 0.0417. The Hall–Kier alpha value is -1.14. The molecule has 6 nitrogen and oxygen atoms in total. The second-order valence-electron chi connectivity index (χ2n) is 20.3. The summed E-state index contributed by atoms with van der Waals surface area (Å²) >= 11 is 0. The van der Waals surface area contributed by atoms with Crippen molar-refractivity contribution in [1.82, 2.24) is 5.32 Å². The molecule has 0 rings (SSSR count). The largest absolute Gasteiger partial charge is 0.466 e. The predicted molar refractivity (Wildman–Crippen MR) is 278 cm³/mol. The van der Waals surface area contributed by atoms with Crippen LogP contribution in [0, 0.1) is 0 Å². The number of esters is 1. The zero-order valence-corrected chi connectivity index (χ0v) is 43.5. The van der Waals surface area contributed by atoms with Gasteiger partial charge in [-0.1, -0.05) is 296 Å². The van der Waals surface area contributed by atoms with Gasteiger partial charge in [0.15, 0.2) is 0 Å². The molecule has 3 N–H and O–H groups in total. The molecular formula is C58H115NO5. The first-order valence-corrected chi connectivity index (χ1v) is 29.3. The SMILES string of the molecule is CCCCCCCCCCCCCCCCCCCCCCCCC(O)C(CO)NC(=O)CCCCCCCCCCCCCOC(=O)CCCCCCCCCCCCCCCC. The highest BCUT2D eigenvalue weighted by atomic mass is 16.5. The third kappa shape index (κ3) is 50.3. The number of hydrogen-bond acceptors (Lipinski definition) is 5. The molecule has 0 aromatic heterocycles. The zero-order chi connectivity index (χ0) is 46.5. The second-order valence-corrected chi connectivity index (χ2v) is 20.3. The molecule has 1 amide bonds. The summed E-state index contributed by atoms with van der Waals surface area (Å²) in [4.78, 5) is 24.5.